The van der Waals surface area contributed by atoms with Gasteiger partial charge in [-0.2, -0.15) is 0 Å². The first-order valence-electron chi connectivity index (χ1n) is 7.53. The van der Waals surface area contributed by atoms with E-state index in [0.717, 1.165) is 38.5 Å². The summed E-state index contributed by atoms with van der Waals surface area (Å²) < 4.78 is 0. The highest BCUT2D eigenvalue weighted by atomic mass is 16.3. The van der Waals surface area contributed by atoms with Crippen LogP contribution in [-0.2, 0) is 0 Å². The van der Waals surface area contributed by atoms with E-state index in [4.69, 9.17) is 10.2 Å². The van der Waals surface area contributed by atoms with Gasteiger partial charge in [0.1, 0.15) is 0 Å². The third-order valence-electron chi connectivity index (χ3n) is 3.73. The lowest BCUT2D eigenvalue weighted by Gasteiger charge is -2.31. The van der Waals surface area contributed by atoms with Crippen molar-refractivity contribution >= 4 is 0 Å². The molecule has 0 fully saturated rings. The molecule has 0 amide bonds. The van der Waals surface area contributed by atoms with Crippen LogP contribution in [-0.4, -0.2) is 45.8 Å². The van der Waals surface area contributed by atoms with Crippen molar-refractivity contribution in [3.8, 4) is 0 Å². The fourth-order valence-corrected chi connectivity index (χ4v) is 2.12. The van der Waals surface area contributed by atoms with E-state index in [2.05, 4.69) is 0 Å². The summed E-state index contributed by atoms with van der Waals surface area (Å²) in [5, 5.41) is 37.6. The maximum absolute atomic E-state index is 9.91. The summed E-state index contributed by atoms with van der Waals surface area (Å²) in [7, 11) is 0. The maximum atomic E-state index is 9.91. The van der Waals surface area contributed by atoms with Gasteiger partial charge in [0.25, 0.3) is 0 Å². The second kappa shape index (κ2) is 10.6. The molecule has 2 atom stereocenters. The van der Waals surface area contributed by atoms with E-state index in [1.165, 1.54) is 6.42 Å². The summed E-state index contributed by atoms with van der Waals surface area (Å²) in [5.41, 5.74) is -0.649. The summed E-state index contributed by atoms with van der Waals surface area (Å²) in [5.74, 6) is 0. The Bertz CT molecular complexity index is 206. The Morgan fingerprint density at radius 2 is 1.26 bits per heavy atom. The first-order valence-corrected chi connectivity index (χ1v) is 7.53. The molecule has 0 aromatic heterocycles. The Balaban J connectivity index is 3.55. The van der Waals surface area contributed by atoms with E-state index in [-0.39, 0.29) is 13.2 Å². The number of unbranched alkanes of at least 4 members (excludes halogenated alkanes) is 6. The lowest BCUT2D eigenvalue weighted by molar-refractivity contribution is -0.0737. The molecule has 0 heterocycles. The zero-order valence-electron chi connectivity index (χ0n) is 12.5. The van der Waals surface area contributed by atoms with Gasteiger partial charge in [-0.1, -0.05) is 52.4 Å². The van der Waals surface area contributed by atoms with Gasteiger partial charge in [0.2, 0.25) is 0 Å². The third-order valence-corrected chi connectivity index (χ3v) is 3.73. The molecule has 4 N–H and O–H groups in total. The van der Waals surface area contributed by atoms with E-state index in [1.54, 1.807) is 13.8 Å². The summed E-state index contributed by atoms with van der Waals surface area (Å²) >= 11 is 0. The van der Waals surface area contributed by atoms with Gasteiger partial charge in [-0.05, 0) is 12.8 Å². The van der Waals surface area contributed by atoms with Crippen LogP contribution in [0.5, 0.6) is 0 Å². The van der Waals surface area contributed by atoms with Gasteiger partial charge in [0.05, 0.1) is 18.8 Å². The Morgan fingerprint density at radius 1 is 0.789 bits per heavy atom. The van der Waals surface area contributed by atoms with E-state index in [9.17, 15) is 10.2 Å². The van der Waals surface area contributed by atoms with Crippen molar-refractivity contribution in [2.75, 3.05) is 13.2 Å². The predicted octanol–water partition coefficient (Wildman–Crippen LogP) is 1.84. The number of aliphatic hydroxyl groups excluding tert-OH is 4. The summed E-state index contributed by atoms with van der Waals surface area (Å²) in [4.78, 5) is 0. The van der Waals surface area contributed by atoms with Crippen LogP contribution in [0, 0.1) is 5.41 Å². The molecule has 116 valence electrons. The van der Waals surface area contributed by atoms with Crippen LogP contribution in [0.25, 0.3) is 0 Å². The highest BCUT2D eigenvalue weighted by molar-refractivity contribution is 4.82. The Morgan fingerprint density at radius 3 is 1.74 bits per heavy atom. The van der Waals surface area contributed by atoms with Crippen molar-refractivity contribution in [1.82, 2.24) is 0 Å². The van der Waals surface area contributed by atoms with E-state index >= 15 is 0 Å². The normalized spacial score (nSPS) is 15.5. The van der Waals surface area contributed by atoms with Crippen LogP contribution in [0.2, 0.25) is 0 Å². The third kappa shape index (κ3) is 8.58. The zero-order valence-corrected chi connectivity index (χ0v) is 12.5. The minimum Gasteiger partial charge on any atom is -0.396 e. The smallest absolute Gasteiger partial charge is 0.0871 e. The first kappa shape index (κ1) is 18.8. The molecule has 0 aliphatic heterocycles. The SMILES string of the molecule is CC(C)(CO)C(O)C(O)CCCCCCCCCO. The van der Waals surface area contributed by atoms with Gasteiger partial charge in [-0.3, -0.25) is 0 Å². The minimum atomic E-state index is -0.873. The lowest BCUT2D eigenvalue weighted by Crippen LogP contribution is -2.41. The van der Waals surface area contributed by atoms with Crippen LogP contribution in [0.3, 0.4) is 0 Å². The Labute approximate surface area is 117 Å². The Hall–Kier alpha value is -0.160. The molecule has 0 aromatic carbocycles. The summed E-state index contributed by atoms with van der Waals surface area (Å²) in [6.45, 7) is 3.66. The van der Waals surface area contributed by atoms with Gasteiger partial charge in [0.15, 0.2) is 0 Å². The van der Waals surface area contributed by atoms with Gasteiger partial charge in [-0.15, -0.1) is 0 Å². The molecule has 0 saturated carbocycles. The second-order valence-electron chi connectivity index (χ2n) is 6.15. The lowest BCUT2D eigenvalue weighted by atomic mass is 9.83. The van der Waals surface area contributed by atoms with Crippen LogP contribution < -0.4 is 0 Å². The minimum absolute atomic E-state index is 0.129. The molecule has 0 aliphatic rings. The van der Waals surface area contributed by atoms with Crippen molar-refractivity contribution in [2.45, 2.75) is 77.4 Å². The Kier molecular flexibility index (Phi) is 10.5. The summed E-state index contributed by atoms with van der Waals surface area (Å²) in [6, 6.07) is 0. The van der Waals surface area contributed by atoms with Crippen molar-refractivity contribution in [3.05, 3.63) is 0 Å². The highest BCUT2D eigenvalue weighted by Crippen LogP contribution is 2.24. The fraction of sp³-hybridized carbons (Fsp3) is 1.00. The molecule has 0 bridgehead atoms. The average molecular weight is 276 g/mol. The largest absolute Gasteiger partial charge is 0.396 e. The topological polar surface area (TPSA) is 80.9 Å². The van der Waals surface area contributed by atoms with Crippen molar-refractivity contribution in [2.24, 2.45) is 5.41 Å². The number of rotatable bonds is 12. The van der Waals surface area contributed by atoms with E-state index in [1.807, 2.05) is 0 Å². The van der Waals surface area contributed by atoms with Crippen molar-refractivity contribution in [3.63, 3.8) is 0 Å². The predicted molar refractivity (Wildman–Crippen MR) is 76.9 cm³/mol. The first-order chi connectivity index (χ1) is 8.95. The summed E-state index contributed by atoms with van der Waals surface area (Å²) in [6.07, 6.45) is 6.35. The molecule has 19 heavy (non-hydrogen) atoms. The molecule has 0 spiro atoms. The van der Waals surface area contributed by atoms with Crippen molar-refractivity contribution in [1.29, 1.82) is 0 Å². The number of hydrogen-bond acceptors (Lipinski definition) is 4. The van der Waals surface area contributed by atoms with Crippen LogP contribution in [0.1, 0.15) is 65.2 Å². The van der Waals surface area contributed by atoms with Crippen molar-refractivity contribution < 1.29 is 20.4 Å². The highest BCUT2D eigenvalue weighted by Gasteiger charge is 2.32. The van der Waals surface area contributed by atoms with Gasteiger partial charge >= 0.3 is 0 Å². The molecule has 0 aromatic rings. The molecule has 0 saturated heterocycles. The molecular weight excluding hydrogens is 244 g/mol. The molecule has 0 radical (unpaired) electrons. The van der Waals surface area contributed by atoms with Crippen LogP contribution >= 0.6 is 0 Å². The second-order valence-corrected chi connectivity index (χ2v) is 6.15. The monoisotopic (exact) mass is 276 g/mol. The average Bonchev–Trinajstić information content (AvgIpc) is 2.40. The van der Waals surface area contributed by atoms with E-state index < -0.39 is 17.6 Å². The number of aliphatic hydroxyl groups is 4. The van der Waals surface area contributed by atoms with Crippen LogP contribution in [0.4, 0.5) is 0 Å². The number of hydrogen-bond donors (Lipinski definition) is 4. The fourth-order valence-electron chi connectivity index (χ4n) is 2.12. The molecule has 4 nitrogen and oxygen atoms in total. The quantitative estimate of drug-likeness (QED) is 0.410. The zero-order chi connectivity index (χ0) is 14.7. The maximum Gasteiger partial charge on any atom is 0.0871 e. The standard InChI is InChI=1S/C15H32O4/c1-15(2,12-17)14(19)13(18)10-8-6-4-3-5-7-9-11-16/h13-14,16-19H,3-12H2,1-2H3. The van der Waals surface area contributed by atoms with Gasteiger partial charge < -0.3 is 20.4 Å². The van der Waals surface area contributed by atoms with Gasteiger partial charge in [-0.25, -0.2) is 0 Å². The van der Waals surface area contributed by atoms with Gasteiger partial charge in [0, 0.05) is 12.0 Å². The molecule has 0 aliphatic carbocycles. The van der Waals surface area contributed by atoms with E-state index in [0.29, 0.717) is 6.42 Å². The molecule has 2 unspecified atom stereocenters. The molecular formula is C15H32O4. The molecule has 4 heteroatoms. The molecule has 0 rings (SSSR count). The van der Waals surface area contributed by atoms with Crippen LogP contribution in [0.15, 0.2) is 0 Å².